The Morgan fingerprint density at radius 1 is 1.12 bits per heavy atom. The Bertz CT molecular complexity index is 368. The molecule has 0 N–H and O–H groups in total. The molecule has 5 heteroatoms. The lowest BCUT2D eigenvalue weighted by Gasteiger charge is -2.01. The lowest BCUT2D eigenvalue weighted by Crippen LogP contribution is -2.02. The third kappa shape index (κ3) is 5.31. The van der Waals surface area contributed by atoms with Crippen LogP contribution in [0.15, 0.2) is 16.8 Å². The van der Waals surface area contributed by atoms with E-state index in [1.807, 2.05) is 0 Å². The Morgan fingerprint density at radius 3 is 2.35 bits per heavy atom. The number of nitrogens with zero attached hydrogens (tertiary/aromatic N) is 3. The average molecular weight is 235 g/mol. The van der Waals surface area contributed by atoms with Crippen molar-refractivity contribution >= 4 is 11.7 Å². The van der Waals surface area contributed by atoms with Crippen molar-refractivity contribution in [1.82, 2.24) is 0 Å². The predicted molar refractivity (Wildman–Crippen MR) is 64.2 cm³/mol. The van der Waals surface area contributed by atoms with Crippen molar-refractivity contribution in [2.24, 2.45) is 5.11 Å². The fraction of sp³-hybridized carbons (Fsp3) is 0.667. The summed E-state index contributed by atoms with van der Waals surface area (Å²) in [7, 11) is 0. The molecule has 1 amide bonds. The topological polar surface area (TPSA) is 82.9 Å². The maximum atomic E-state index is 11.6. The van der Waals surface area contributed by atoms with Crippen molar-refractivity contribution in [2.45, 2.75) is 51.4 Å². The van der Waals surface area contributed by atoms with Crippen LogP contribution in [0.25, 0.3) is 10.4 Å². The SMILES string of the molecule is [N-]=[N+]=NC(=O)/C1=C\C(=O)CCCCCCCC1. The van der Waals surface area contributed by atoms with E-state index in [2.05, 4.69) is 10.0 Å². The summed E-state index contributed by atoms with van der Waals surface area (Å²) in [5.41, 5.74) is 8.59. The standard InChI is InChI=1S/C12H17N3O2/c13-15-14-12(17)10-7-5-3-1-2-4-6-8-11(16)9-10/h9H,1-8H2/b10-9-. The van der Waals surface area contributed by atoms with Gasteiger partial charge >= 0.3 is 0 Å². The van der Waals surface area contributed by atoms with Gasteiger partial charge < -0.3 is 0 Å². The Balaban J connectivity index is 2.75. The summed E-state index contributed by atoms with van der Waals surface area (Å²) < 4.78 is 0. The highest BCUT2D eigenvalue weighted by Gasteiger charge is 2.10. The number of carbonyl (C=O) groups excluding carboxylic acids is 2. The van der Waals surface area contributed by atoms with E-state index >= 15 is 0 Å². The highest BCUT2D eigenvalue weighted by atomic mass is 16.2. The lowest BCUT2D eigenvalue weighted by molar-refractivity contribution is -0.117. The molecule has 1 rings (SSSR count). The fourth-order valence-corrected chi connectivity index (χ4v) is 1.93. The van der Waals surface area contributed by atoms with Gasteiger partial charge in [0.15, 0.2) is 5.78 Å². The van der Waals surface area contributed by atoms with Gasteiger partial charge in [-0.05, 0) is 36.0 Å². The largest absolute Gasteiger partial charge is 0.295 e. The number of rotatable bonds is 1. The minimum absolute atomic E-state index is 0.0385. The van der Waals surface area contributed by atoms with Gasteiger partial charge in [-0.2, -0.15) is 0 Å². The second-order valence-electron chi connectivity index (χ2n) is 4.25. The third-order valence-corrected chi connectivity index (χ3v) is 2.86. The Hall–Kier alpha value is -1.61. The van der Waals surface area contributed by atoms with Crippen molar-refractivity contribution in [3.05, 3.63) is 22.1 Å². The number of carbonyl (C=O) groups is 2. The van der Waals surface area contributed by atoms with Crippen LogP contribution in [0.1, 0.15) is 51.4 Å². The third-order valence-electron chi connectivity index (χ3n) is 2.86. The summed E-state index contributed by atoms with van der Waals surface area (Å²) >= 11 is 0. The molecule has 0 aromatic rings. The molecule has 0 fully saturated rings. The maximum absolute atomic E-state index is 11.6. The van der Waals surface area contributed by atoms with Crippen LogP contribution in [0.5, 0.6) is 0 Å². The van der Waals surface area contributed by atoms with Crippen LogP contribution in [0.4, 0.5) is 0 Å². The van der Waals surface area contributed by atoms with Gasteiger partial charge in [-0.3, -0.25) is 9.59 Å². The van der Waals surface area contributed by atoms with Gasteiger partial charge in [-0.25, -0.2) is 0 Å². The van der Waals surface area contributed by atoms with Crippen molar-refractivity contribution in [1.29, 1.82) is 0 Å². The van der Waals surface area contributed by atoms with Crippen LogP contribution >= 0.6 is 0 Å². The molecule has 0 unspecified atom stereocenters. The molecule has 1 aliphatic rings. The number of hydrogen-bond acceptors (Lipinski definition) is 2. The van der Waals surface area contributed by atoms with Crippen molar-refractivity contribution in [2.75, 3.05) is 0 Å². The highest BCUT2D eigenvalue weighted by Crippen LogP contribution is 2.16. The fourth-order valence-electron chi connectivity index (χ4n) is 1.93. The van der Waals surface area contributed by atoms with Crippen molar-refractivity contribution in [3.8, 4) is 0 Å². The summed E-state index contributed by atoms with van der Waals surface area (Å²) in [5, 5.41) is 3.05. The zero-order valence-corrected chi connectivity index (χ0v) is 9.89. The summed E-state index contributed by atoms with van der Waals surface area (Å²) in [5.74, 6) is -0.650. The molecule has 0 heterocycles. The van der Waals surface area contributed by atoms with Gasteiger partial charge in [0.25, 0.3) is 0 Å². The molecule has 0 aromatic heterocycles. The first-order valence-electron chi connectivity index (χ1n) is 6.07. The van der Waals surface area contributed by atoms with Crippen molar-refractivity contribution in [3.63, 3.8) is 0 Å². The first kappa shape index (κ1) is 13.5. The van der Waals surface area contributed by atoms with Crippen LogP contribution in [0, 0.1) is 0 Å². The molecule has 92 valence electrons. The molecule has 0 aliphatic heterocycles. The summed E-state index contributed by atoms with van der Waals surface area (Å²) in [6.45, 7) is 0. The van der Waals surface area contributed by atoms with E-state index in [-0.39, 0.29) is 5.78 Å². The minimum atomic E-state index is -0.611. The number of ketones is 1. The van der Waals surface area contributed by atoms with Gasteiger partial charge in [-0.15, -0.1) is 0 Å². The zero-order chi connectivity index (χ0) is 12.5. The monoisotopic (exact) mass is 235 g/mol. The Morgan fingerprint density at radius 2 is 1.71 bits per heavy atom. The second kappa shape index (κ2) is 7.63. The summed E-state index contributed by atoms with van der Waals surface area (Å²) in [4.78, 5) is 25.5. The normalized spacial score (nSPS) is 21.6. The maximum Gasteiger partial charge on any atom is 0.245 e. The molecule has 0 aromatic carbocycles. The smallest absolute Gasteiger partial charge is 0.245 e. The lowest BCUT2D eigenvalue weighted by atomic mass is 10.0. The van der Waals surface area contributed by atoms with E-state index in [0.717, 1.165) is 38.5 Å². The Kier molecular flexibility index (Phi) is 6.04. The molecule has 0 spiro atoms. The minimum Gasteiger partial charge on any atom is -0.295 e. The van der Waals surface area contributed by atoms with E-state index in [4.69, 9.17) is 5.53 Å². The molecular formula is C12H17N3O2. The number of allylic oxidation sites excluding steroid dienone is 1. The van der Waals surface area contributed by atoms with Crippen LogP contribution < -0.4 is 0 Å². The molecule has 0 saturated heterocycles. The van der Waals surface area contributed by atoms with Gasteiger partial charge in [0.1, 0.15) is 0 Å². The van der Waals surface area contributed by atoms with Crippen molar-refractivity contribution < 1.29 is 9.59 Å². The van der Waals surface area contributed by atoms with E-state index in [1.165, 1.54) is 6.08 Å². The number of azide groups is 1. The van der Waals surface area contributed by atoms with Gasteiger partial charge in [0.05, 0.1) is 0 Å². The molecule has 5 nitrogen and oxygen atoms in total. The number of amides is 1. The first-order chi connectivity index (χ1) is 8.24. The van der Waals surface area contributed by atoms with Gasteiger partial charge in [0, 0.05) is 16.9 Å². The van der Waals surface area contributed by atoms with E-state index in [9.17, 15) is 9.59 Å². The van der Waals surface area contributed by atoms with E-state index < -0.39 is 5.91 Å². The van der Waals surface area contributed by atoms with E-state index in [1.54, 1.807) is 0 Å². The summed E-state index contributed by atoms with van der Waals surface area (Å²) in [6, 6.07) is 0. The van der Waals surface area contributed by atoms with Crippen LogP contribution in [0.2, 0.25) is 0 Å². The van der Waals surface area contributed by atoms with Gasteiger partial charge in [0.2, 0.25) is 5.91 Å². The van der Waals surface area contributed by atoms with Crippen LogP contribution in [0.3, 0.4) is 0 Å². The molecule has 0 bridgehead atoms. The molecular weight excluding hydrogens is 218 g/mol. The number of hydrogen-bond donors (Lipinski definition) is 0. The second-order valence-corrected chi connectivity index (χ2v) is 4.25. The first-order valence-corrected chi connectivity index (χ1v) is 6.07. The quantitative estimate of drug-likeness (QED) is 0.396. The molecule has 0 atom stereocenters. The zero-order valence-electron chi connectivity index (χ0n) is 9.89. The highest BCUT2D eigenvalue weighted by molar-refractivity contribution is 6.02. The predicted octanol–water partition coefficient (Wildman–Crippen LogP) is 3.45. The average Bonchev–Trinajstić information content (AvgIpc) is 2.34. The van der Waals surface area contributed by atoms with Crippen LogP contribution in [-0.4, -0.2) is 11.7 Å². The van der Waals surface area contributed by atoms with E-state index in [0.29, 0.717) is 18.4 Å². The molecule has 0 saturated carbocycles. The van der Waals surface area contributed by atoms with Gasteiger partial charge in [-0.1, -0.05) is 25.7 Å². The summed E-state index contributed by atoms with van der Waals surface area (Å²) in [6.07, 6.45) is 8.52. The molecule has 17 heavy (non-hydrogen) atoms. The van der Waals surface area contributed by atoms with Crippen LogP contribution in [-0.2, 0) is 9.59 Å². The Labute approximate surface area is 101 Å². The molecule has 0 radical (unpaired) electrons. The molecule has 1 aliphatic carbocycles.